The van der Waals surface area contributed by atoms with Crippen LogP contribution in [0.4, 0.5) is 28.9 Å². The van der Waals surface area contributed by atoms with Gasteiger partial charge in [-0.2, -0.15) is 13.2 Å². The molecule has 15 heteroatoms. The lowest BCUT2D eigenvalue weighted by atomic mass is 10.0. The monoisotopic (exact) mass is 622 g/mol. The molecular weight excluding hydrogens is 592 g/mol. The third-order valence-electron chi connectivity index (χ3n) is 7.77. The summed E-state index contributed by atoms with van der Waals surface area (Å²) in [6.45, 7) is 6.51. The summed E-state index contributed by atoms with van der Waals surface area (Å²) in [5.74, 6) is -2.13. The van der Waals surface area contributed by atoms with E-state index in [0.29, 0.717) is 51.7 Å². The van der Waals surface area contributed by atoms with Crippen molar-refractivity contribution >= 4 is 34.5 Å². The van der Waals surface area contributed by atoms with Crippen molar-refractivity contribution in [2.45, 2.75) is 32.1 Å². The molecule has 2 atom stereocenters. The number of hydrogen-bond acceptors (Lipinski definition) is 8. The molecule has 2 unspecified atom stereocenters. The van der Waals surface area contributed by atoms with Crippen molar-refractivity contribution in [3.05, 3.63) is 62.1 Å². The molecule has 2 aromatic heterocycles. The van der Waals surface area contributed by atoms with Crippen LogP contribution in [-0.4, -0.2) is 90.1 Å². The fourth-order valence-corrected chi connectivity index (χ4v) is 5.99. The van der Waals surface area contributed by atoms with Gasteiger partial charge in [0.1, 0.15) is 5.82 Å². The molecule has 10 nitrogen and oxygen atoms in total. The number of ether oxygens (including phenoxy) is 1. The Morgan fingerprint density at radius 1 is 1.12 bits per heavy atom. The number of thiazole rings is 1. The highest BCUT2D eigenvalue weighted by atomic mass is 32.1. The summed E-state index contributed by atoms with van der Waals surface area (Å²) >= 11 is 1.04. The number of alkyl halides is 3. The number of carbonyl (C=O) groups excluding carboxylic acids is 2. The largest absolute Gasteiger partial charge is 0.417 e. The van der Waals surface area contributed by atoms with E-state index in [1.54, 1.807) is 4.90 Å². The van der Waals surface area contributed by atoms with Gasteiger partial charge in [0, 0.05) is 67.5 Å². The van der Waals surface area contributed by atoms with Gasteiger partial charge in [-0.05, 0) is 27.0 Å². The number of amides is 2. The molecule has 2 N–H and O–H groups in total. The maximum atomic E-state index is 15.7. The second kappa shape index (κ2) is 12.1. The zero-order valence-corrected chi connectivity index (χ0v) is 24.4. The standard InChI is InChI=1S/C28H30F4N6O4S/c1-15-12-38(13-16(2)36(15)3)23-10-20(29)17(22-14-43-26(35-22)27(41)37-4-6-42-7-5-37)8-21(23)34-25(40)18-11-33-24(39)9-19(18)28(30,31)32/h8-11,14-16H,4-7,12-13H2,1-3H3,(H,33,39)(H,34,40). The third kappa shape index (κ3) is 6.43. The topological polar surface area (TPSA) is 111 Å². The van der Waals surface area contributed by atoms with Crippen molar-refractivity contribution in [1.82, 2.24) is 19.8 Å². The van der Waals surface area contributed by atoms with Crippen LogP contribution in [0.25, 0.3) is 11.3 Å². The second-order valence-corrected chi connectivity index (χ2v) is 11.5. The van der Waals surface area contributed by atoms with Crippen LogP contribution in [0.15, 0.2) is 34.6 Å². The van der Waals surface area contributed by atoms with Gasteiger partial charge < -0.3 is 24.8 Å². The number of carbonyl (C=O) groups is 2. The number of hydrogen-bond donors (Lipinski definition) is 2. The number of nitrogens with one attached hydrogen (secondary N) is 2. The molecule has 4 heterocycles. The predicted molar refractivity (Wildman–Crippen MR) is 153 cm³/mol. The molecular formula is C28H30F4N6O4S. The first-order valence-corrected chi connectivity index (χ1v) is 14.5. The van der Waals surface area contributed by atoms with Crippen LogP contribution in [0.2, 0.25) is 0 Å². The number of pyridine rings is 1. The van der Waals surface area contributed by atoms with E-state index in [4.69, 9.17) is 4.74 Å². The maximum absolute atomic E-state index is 15.7. The molecule has 0 bridgehead atoms. The first-order chi connectivity index (χ1) is 20.3. The van der Waals surface area contributed by atoms with Gasteiger partial charge in [0.05, 0.1) is 41.4 Å². The van der Waals surface area contributed by atoms with Crippen molar-refractivity contribution in [1.29, 1.82) is 0 Å². The molecule has 2 fully saturated rings. The van der Waals surface area contributed by atoms with Crippen LogP contribution < -0.4 is 15.8 Å². The Morgan fingerprint density at radius 2 is 1.79 bits per heavy atom. The van der Waals surface area contributed by atoms with E-state index < -0.39 is 34.6 Å². The molecule has 230 valence electrons. The number of H-pyrrole nitrogens is 1. The SMILES string of the molecule is CC1CN(c2cc(F)c(-c3csc(C(=O)N4CCOCC4)n3)cc2NC(=O)c2c[nH]c(=O)cc2C(F)(F)F)CC(C)N1C. The Kier molecular flexibility index (Phi) is 8.58. The Bertz CT molecular complexity index is 1570. The van der Waals surface area contributed by atoms with Crippen LogP contribution in [0.3, 0.4) is 0 Å². The van der Waals surface area contributed by atoms with Crippen molar-refractivity contribution in [3.8, 4) is 11.3 Å². The lowest BCUT2D eigenvalue weighted by Crippen LogP contribution is -2.55. The quantitative estimate of drug-likeness (QED) is 0.416. The predicted octanol–water partition coefficient (Wildman–Crippen LogP) is 3.91. The number of benzene rings is 1. The van der Waals surface area contributed by atoms with E-state index in [1.807, 2.05) is 25.8 Å². The highest BCUT2D eigenvalue weighted by Crippen LogP contribution is 2.37. The molecule has 1 aromatic carbocycles. The van der Waals surface area contributed by atoms with Crippen molar-refractivity contribution < 1.29 is 31.9 Å². The van der Waals surface area contributed by atoms with Crippen molar-refractivity contribution in [2.24, 2.45) is 0 Å². The molecule has 2 saturated heterocycles. The van der Waals surface area contributed by atoms with Gasteiger partial charge in [0.2, 0.25) is 5.56 Å². The molecule has 5 rings (SSSR count). The maximum Gasteiger partial charge on any atom is 0.417 e. The van der Waals surface area contributed by atoms with Gasteiger partial charge in [0.25, 0.3) is 11.8 Å². The molecule has 2 aliphatic rings. The number of likely N-dealkylation sites (N-methyl/N-ethyl adjacent to an activating group) is 1. The van der Waals surface area contributed by atoms with Crippen LogP contribution >= 0.6 is 11.3 Å². The van der Waals surface area contributed by atoms with Crippen LogP contribution in [0, 0.1) is 5.82 Å². The van der Waals surface area contributed by atoms with Crippen LogP contribution in [0.1, 0.15) is 39.6 Å². The van der Waals surface area contributed by atoms with Crippen LogP contribution in [0.5, 0.6) is 0 Å². The zero-order chi connectivity index (χ0) is 31.1. The summed E-state index contributed by atoms with van der Waals surface area (Å²) < 4.78 is 62.2. The minimum absolute atomic E-state index is 0.0379. The number of morpholine rings is 1. The summed E-state index contributed by atoms with van der Waals surface area (Å²) in [4.78, 5) is 49.9. The summed E-state index contributed by atoms with van der Waals surface area (Å²) in [6, 6.07) is 2.96. The number of anilines is 2. The Balaban J connectivity index is 1.54. The van der Waals surface area contributed by atoms with E-state index in [0.717, 1.165) is 11.3 Å². The minimum Gasteiger partial charge on any atom is -0.378 e. The third-order valence-corrected chi connectivity index (χ3v) is 8.60. The normalized spacial score (nSPS) is 19.9. The van der Waals surface area contributed by atoms with Gasteiger partial charge in [-0.3, -0.25) is 19.3 Å². The second-order valence-electron chi connectivity index (χ2n) is 10.6. The zero-order valence-electron chi connectivity index (χ0n) is 23.6. The first kappa shape index (κ1) is 30.6. The molecule has 0 saturated carbocycles. The average molecular weight is 623 g/mol. The molecule has 2 amide bonds. The fourth-order valence-electron chi connectivity index (χ4n) is 5.20. The molecule has 2 aliphatic heterocycles. The van der Waals surface area contributed by atoms with E-state index in [9.17, 15) is 27.6 Å². The lowest BCUT2D eigenvalue weighted by Gasteiger charge is -2.44. The summed E-state index contributed by atoms with van der Waals surface area (Å²) in [6.07, 6.45) is -4.27. The van der Waals surface area contributed by atoms with Crippen LogP contribution in [-0.2, 0) is 10.9 Å². The summed E-state index contributed by atoms with van der Waals surface area (Å²) in [5, 5.41) is 4.18. The molecule has 3 aromatic rings. The molecule has 0 aliphatic carbocycles. The van der Waals surface area contributed by atoms with E-state index in [1.165, 1.54) is 17.5 Å². The number of rotatable bonds is 5. The first-order valence-electron chi connectivity index (χ1n) is 13.6. The molecule has 43 heavy (non-hydrogen) atoms. The van der Waals surface area contributed by atoms with E-state index >= 15 is 4.39 Å². The minimum atomic E-state index is -4.97. The number of aromatic amines is 1. The number of halogens is 4. The van der Waals surface area contributed by atoms with E-state index in [-0.39, 0.29) is 45.6 Å². The average Bonchev–Trinajstić information content (AvgIpc) is 3.46. The Morgan fingerprint density at radius 3 is 2.44 bits per heavy atom. The summed E-state index contributed by atoms with van der Waals surface area (Å²) in [5.41, 5.74) is -2.77. The number of aromatic nitrogens is 2. The highest BCUT2D eigenvalue weighted by Gasteiger charge is 2.36. The van der Waals surface area contributed by atoms with Crippen molar-refractivity contribution in [3.63, 3.8) is 0 Å². The van der Waals surface area contributed by atoms with Gasteiger partial charge in [0.15, 0.2) is 5.01 Å². The van der Waals surface area contributed by atoms with Gasteiger partial charge in [-0.25, -0.2) is 9.37 Å². The van der Waals surface area contributed by atoms with Gasteiger partial charge in [-0.15, -0.1) is 11.3 Å². The molecule has 0 radical (unpaired) electrons. The smallest absolute Gasteiger partial charge is 0.378 e. The number of nitrogens with zero attached hydrogens (tertiary/aromatic N) is 4. The van der Waals surface area contributed by atoms with E-state index in [2.05, 4.69) is 20.2 Å². The van der Waals surface area contributed by atoms with Gasteiger partial charge in [-0.1, -0.05) is 0 Å². The van der Waals surface area contributed by atoms with Crippen molar-refractivity contribution in [2.75, 3.05) is 56.7 Å². The number of piperazine rings is 1. The van der Waals surface area contributed by atoms with Gasteiger partial charge >= 0.3 is 6.18 Å². The highest BCUT2D eigenvalue weighted by molar-refractivity contribution is 7.12. The lowest BCUT2D eigenvalue weighted by molar-refractivity contribution is -0.138. The Labute approximate surface area is 248 Å². The molecule has 0 spiro atoms. The fraction of sp³-hybridized carbons (Fsp3) is 0.429. The Hall–Kier alpha value is -3.82. The summed E-state index contributed by atoms with van der Waals surface area (Å²) in [7, 11) is 1.96.